The van der Waals surface area contributed by atoms with Gasteiger partial charge in [-0.05, 0) is 25.0 Å². The number of methoxy groups -OCH3 is 2. The van der Waals surface area contributed by atoms with Gasteiger partial charge in [-0.15, -0.1) is 0 Å². The summed E-state index contributed by atoms with van der Waals surface area (Å²) in [5.41, 5.74) is 0.548. The van der Waals surface area contributed by atoms with E-state index in [-0.39, 0.29) is 18.6 Å². The zero-order chi connectivity index (χ0) is 18.2. The minimum atomic E-state index is -0.578. The predicted molar refractivity (Wildman–Crippen MR) is 91.1 cm³/mol. The zero-order valence-corrected chi connectivity index (χ0v) is 14.7. The molecule has 1 fully saturated rings. The van der Waals surface area contributed by atoms with Gasteiger partial charge in [-0.3, -0.25) is 4.79 Å². The van der Waals surface area contributed by atoms with Crippen molar-refractivity contribution in [3.8, 4) is 11.5 Å². The predicted octanol–water partition coefficient (Wildman–Crippen LogP) is 1.89. The Morgan fingerprint density at radius 3 is 2.76 bits per heavy atom. The number of hydrogen-bond acceptors (Lipinski definition) is 6. The molecule has 0 saturated carbocycles. The van der Waals surface area contributed by atoms with E-state index in [1.807, 2.05) is 0 Å². The van der Waals surface area contributed by atoms with Gasteiger partial charge in [0.1, 0.15) is 13.2 Å². The number of rotatable bonds is 7. The van der Waals surface area contributed by atoms with Crippen molar-refractivity contribution in [2.45, 2.75) is 18.9 Å². The van der Waals surface area contributed by atoms with Crippen molar-refractivity contribution in [1.29, 1.82) is 0 Å². The maximum Gasteiger partial charge on any atom is 0.409 e. The lowest BCUT2D eigenvalue weighted by Gasteiger charge is -2.17. The summed E-state index contributed by atoms with van der Waals surface area (Å²) in [7, 11) is 4.30. The first kappa shape index (κ1) is 18.9. The third-order valence-electron chi connectivity index (χ3n) is 3.76. The Balaban J connectivity index is 1.97. The van der Waals surface area contributed by atoms with Crippen molar-refractivity contribution in [3.63, 3.8) is 0 Å². The van der Waals surface area contributed by atoms with Crippen LogP contribution in [0, 0.1) is 0 Å². The summed E-state index contributed by atoms with van der Waals surface area (Å²) in [4.78, 5) is 24.5. The van der Waals surface area contributed by atoms with Gasteiger partial charge in [-0.1, -0.05) is 0 Å². The van der Waals surface area contributed by atoms with E-state index in [0.29, 0.717) is 23.8 Å². The van der Waals surface area contributed by atoms with Crippen LogP contribution >= 0.6 is 0 Å². The molecule has 0 aliphatic carbocycles. The lowest BCUT2D eigenvalue weighted by molar-refractivity contribution is -0.116. The summed E-state index contributed by atoms with van der Waals surface area (Å²) < 4.78 is 21.2. The Hall–Kier alpha value is -2.48. The zero-order valence-electron chi connectivity index (χ0n) is 14.7. The maximum absolute atomic E-state index is 12.0. The first-order valence-electron chi connectivity index (χ1n) is 8.05. The third-order valence-corrected chi connectivity index (χ3v) is 3.76. The maximum atomic E-state index is 12.0. The van der Waals surface area contributed by atoms with Crippen LogP contribution in [-0.2, 0) is 14.3 Å². The number of carbonyl (C=O) groups excluding carboxylic acids is 2. The van der Waals surface area contributed by atoms with Crippen LogP contribution in [0.1, 0.15) is 12.8 Å². The molecule has 1 saturated heterocycles. The summed E-state index contributed by atoms with van der Waals surface area (Å²) in [6.45, 7) is 1.07. The molecule has 1 aliphatic heterocycles. The van der Waals surface area contributed by atoms with Crippen molar-refractivity contribution in [3.05, 3.63) is 18.2 Å². The Labute approximate surface area is 147 Å². The van der Waals surface area contributed by atoms with Crippen LogP contribution < -0.4 is 14.8 Å². The first-order valence-corrected chi connectivity index (χ1v) is 8.05. The molecule has 1 N–H and O–H groups in total. The molecule has 2 amide bonds. The number of anilines is 1. The SMILES string of the molecule is COC(=O)N(C)CC(=O)Nc1ccc(OC)c(OCC2CCCO2)c1. The largest absolute Gasteiger partial charge is 0.493 e. The van der Waals surface area contributed by atoms with Gasteiger partial charge < -0.3 is 29.2 Å². The standard InChI is InChI=1S/C17H24N2O6/c1-19(17(21)23-3)10-16(20)18-12-6-7-14(22-2)15(9-12)25-11-13-5-4-8-24-13/h6-7,9,13H,4-5,8,10-11H2,1-3H3,(H,18,20). The summed E-state index contributed by atoms with van der Waals surface area (Å²) >= 11 is 0. The van der Waals surface area contributed by atoms with E-state index < -0.39 is 6.09 Å². The molecule has 0 spiro atoms. The minimum absolute atomic E-state index is 0.0802. The van der Waals surface area contributed by atoms with Crippen molar-refractivity contribution in [2.75, 3.05) is 46.3 Å². The van der Waals surface area contributed by atoms with Crippen LogP contribution in [-0.4, -0.2) is 64.0 Å². The summed E-state index contributed by atoms with van der Waals surface area (Å²) in [5, 5.41) is 2.72. The van der Waals surface area contributed by atoms with Crippen LogP contribution in [0.5, 0.6) is 11.5 Å². The highest BCUT2D eigenvalue weighted by molar-refractivity contribution is 5.94. The van der Waals surface area contributed by atoms with Gasteiger partial charge in [0.05, 0.1) is 20.3 Å². The first-order chi connectivity index (χ1) is 12.0. The lowest BCUT2D eigenvalue weighted by atomic mass is 10.2. The summed E-state index contributed by atoms with van der Waals surface area (Å²) in [6, 6.07) is 5.10. The molecule has 0 bridgehead atoms. The Morgan fingerprint density at radius 2 is 2.12 bits per heavy atom. The molecule has 1 aromatic rings. The number of nitrogens with zero attached hydrogens (tertiary/aromatic N) is 1. The molecule has 0 aromatic heterocycles. The van der Waals surface area contributed by atoms with Gasteiger partial charge in [0, 0.05) is 25.4 Å². The summed E-state index contributed by atoms with van der Waals surface area (Å²) in [6.07, 6.45) is 1.51. The highest BCUT2D eigenvalue weighted by Gasteiger charge is 2.18. The molecule has 8 heteroatoms. The number of likely N-dealkylation sites (N-methyl/N-ethyl adjacent to an activating group) is 1. The monoisotopic (exact) mass is 352 g/mol. The van der Waals surface area contributed by atoms with Crippen LogP contribution in [0.4, 0.5) is 10.5 Å². The minimum Gasteiger partial charge on any atom is -0.493 e. The molecule has 8 nitrogen and oxygen atoms in total. The van der Waals surface area contributed by atoms with Crippen LogP contribution in [0.25, 0.3) is 0 Å². The number of hydrogen-bond donors (Lipinski definition) is 1. The molecular weight excluding hydrogens is 328 g/mol. The molecule has 138 valence electrons. The fraction of sp³-hybridized carbons (Fsp3) is 0.529. The Bertz CT molecular complexity index is 601. The average molecular weight is 352 g/mol. The lowest BCUT2D eigenvalue weighted by Crippen LogP contribution is -2.34. The fourth-order valence-corrected chi connectivity index (χ4v) is 2.46. The molecule has 1 atom stereocenters. The molecule has 1 heterocycles. The molecular formula is C17H24N2O6. The number of benzene rings is 1. The second-order valence-electron chi connectivity index (χ2n) is 5.69. The molecule has 1 unspecified atom stereocenters. The number of carbonyl (C=O) groups is 2. The van der Waals surface area contributed by atoms with Crippen molar-refractivity contribution in [2.24, 2.45) is 0 Å². The van der Waals surface area contributed by atoms with Gasteiger partial charge in [0.15, 0.2) is 11.5 Å². The van der Waals surface area contributed by atoms with Crippen molar-refractivity contribution >= 4 is 17.7 Å². The van der Waals surface area contributed by atoms with Gasteiger partial charge >= 0.3 is 6.09 Å². The van der Waals surface area contributed by atoms with E-state index >= 15 is 0 Å². The molecule has 1 aromatic carbocycles. The Morgan fingerprint density at radius 1 is 1.32 bits per heavy atom. The van der Waals surface area contributed by atoms with E-state index in [9.17, 15) is 9.59 Å². The second-order valence-corrected chi connectivity index (χ2v) is 5.69. The van der Waals surface area contributed by atoms with Crippen LogP contribution in [0.15, 0.2) is 18.2 Å². The van der Waals surface area contributed by atoms with E-state index in [2.05, 4.69) is 10.1 Å². The van der Waals surface area contributed by atoms with Gasteiger partial charge in [0.25, 0.3) is 0 Å². The van der Waals surface area contributed by atoms with Gasteiger partial charge in [0.2, 0.25) is 5.91 Å². The van der Waals surface area contributed by atoms with Crippen LogP contribution in [0.2, 0.25) is 0 Å². The third kappa shape index (κ3) is 5.53. The number of ether oxygens (including phenoxy) is 4. The normalized spacial score (nSPS) is 16.2. The highest BCUT2D eigenvalue weighted by atomic mass is 16.5. The average Bonchev–Trinajstić information content (AvgIpc) is 3.12. The van der Waals surface area contributed by atoms with Gasteiger partial charge in [-0.25, -0.2) is 4.79 Å². The second kappa shape index (κ2) is 9.12. The molecule has 1 aliphatic rings. The van der Waals surface area contributed by atoms with E-state index in [4.69, 9.17) is 14.2 Å². The van der Waals surface area contributed by atoms with E-state index in [1.54, 1.807) is 25.3 Å². The van der Waals surface area contributed by atoms with Gasteiger partial charge in [-0.2, -0.15) is 0 Å². The van der Waals surface area contributed by atoms with Crippen molar-refractivity contribution in [1.82, 2.24) is 4.90 Å². The smallest absolute Gasteiger partial charge is 0.409 e. The van der Waals surface area contributed by atoms with Crippen molar-refractivity contribution < 1.29 is 28.5 Å². The number of nitrogens with one attached hydrogen (secondary N) is 1. The van der Waals surface area contributed by atoms with E-state index in [0.717, 1.165) is 19.4 Å². The highest BCUT2D eigenvalue weighted by Crippen LogP contribution is 2.31. The quantitative estimate of drug-likeness (QED) is 0.806. The van der Waals surface area contributed by atoms with Crippen LogP contribution in [0.3, 0.4) is 0 Å². The molecule has 2 rings (SSSR count). The number of amides is 2. The Kier molecular flexibility index (Phi) is 6.88. The molecule has 25 heavy (non-hydrogen) atoms. The molecule has 0 radical (unpaired) electrons. The topological polar surface area (TPSA) is 86.3 Å². The summed E-state index contributed by atoms with van der Waals surface area (Å²) in [5.74, 6) is 0.753. The van der Waals surface area contributed by atoms with E-state index in [1.165, 1.54) is 19.1 Å². The fourth-order valence-electron chi connectivity index (χ4n) is 2.46.